The number of thioether (sulfide) groups is 1. The maximum Gasteiger partial charge on any atom is 0.344 e. The number of benzene rings is 2. The van der Waals surface area contributed by atoms with Gasteiger partial charge in [0.1, 0.15) is 0 Å². The van der Waals surface area contributed by atoms with Crippen LogP contribution in [-0.4, -0.2) is 34.0 Å². The van der Waals surface area contributed by atoms with Crippen LogP contribution < -0.4 is 14.4 Å². The standard InChI is InChI=1S/C24H25NO5S2/c1-4-15-7-10-17(11-8-15)25-22(26)21(32-24(25)31)14-16-9-12-19(20(13-16)29-6-3)30-18(5-2)23(27)28/h7-14,18H,4-6H2,1-3H3,(H,27,28)/b21-14+. The van der Waals surface area contributed by atoms with Crippen molar-refractivity contribution >= 4 is 51.9 Å². The van der Waals surface area contributed by atoms with Gasteiger partial charge in [-0.15, -0.1) is 0 Å². The van der Waals surface area contributed by atoms with Gasteiger partial charge in [-0.3, -0.25) is 9.69 Å². The molecular formula is C24H25NO5S2. The van der Waals surface area contributed by atoms with Gasteiger partial charge in [-0.2, -0.15) is 0 Å². The van der Waals surface area contributed by atoms with E-state index in [9.17, 15) is 14.7 Å². The van der Waals surface area contributed by atoms with Gasteiger partial charge >= 0.3 is 5.97 Å². The molecule has 1 fully saturated rings. The second-order valence-corrected chi connectivity index (χ2v) is 8.71. The number of amides is 1. The van der Waals surface area contributed by atoms with Crippen LogP contribution in [0.4, 0.5) is 5.69 Å². The monoisotopic (exact) mass is 471 g/mol. The molecule has 1 aliphatic heterocycles. The smallest absolute Gasteiger partial charge is 0.344 e. The normalized spacial score (nSPS) is 15.8. The SMILES string of the molecule is CCOc1cc(/C=C2/SC(=S)N(c3ccc(CC)cc3)C2=O)ccc1OC(CC)C(=O)O. The lowest BCUT2D eigenvalue weighted by Gasteiger charge is -2.17. The summed E-state index contributed by atoms with van der Waals surface area (Å²) >= 11 is 6.70. The first-order valence-corrected chi connectivity index (χ1v) is 11.6. The number of hydrogen-bond acceptors (Lipinski definition) is 6. The van der Waals surface area contributed by atoms with E-state index in [1.807, 2.05) is 31.2 Å². The summed E-state index contributed by atoms with van der Waals surface area (Å²) in [6.07, 6.45) is 2.03. The summed E-state index contributed by atoms with van der Waals surface area (Å²) in [5.74, 6) is -0.442. The number of aliphatic carboxylic acids is 1. The van der Waals surface area contributed by atoms with Gasteiger partial charge in [0, 0.05) is 0 Å². The van der Waals surface area contributed by atoms with Gasteiger partial charge in [0.25, 0.3) is 5.91 Å². The third kappa shape index (κ3) is 5.31. The highest BCUT2D eigenvalue weighted by Crippen LogP contribution is 2.37. The largest absolute Gasteiger partial charge is 0.490 e. The molecule has 2 aromatic carbocycles. The fourth-order valence-electron chi connectivity index (χ4n) is 3.16. The fraction of sp³-hybridized carbons (Fsp3) is 0.292. The fourth-order valence-corrected chi connectivity index (χ4v) is 4.46. The van der Waals surface area contributed by atoms with Crippen LogP contribution in [0.1, 0.15) is 38.3 Å². The van der Waals surface area contributed by atoms with Crippen molar-refractivity contribution in [2.45, 2.75) is 39.7 Å². The lowest BCUT2D eigenvalue weighted by molar-refractivity contribution is -0.145. The maximum atomic E-state index is 13.0. The van der Waals surface area contributed by atoms with Crippen molar-refractivity contribution in [3.63, 3.8) is 0 Å². The summed E-state index contributed by atoms with van der Waals surface area (Å²) in [5, 5.41) is 9.27. The van der Waals surface area contributed by atoms with Crippen LogP contribution in [0.2, 0.25) is 0 Å². The Hall–Kier alpha value is -2.84. The summed E-state index contributed by atoms with van der Waals surface area (Å²) in [6, 6.07) is 12.9. The number of nitrogens with zero attached hydrogens (tertiary/aromatic N) is 1. The average molecular weight is 472 g/mol. The summed E-state index contributed by atoms with van der Waals surface area (Å²) in [7, 11) is 0. The van der Waals surface area contributed by atoms with Crippen LogP contribution in [0.15, 0.2) is 47.4 Å². The number of carbonyl (C=O) groups excluding carboxylic acids is 1. The van der Waals surface area contributed by atoms with E-state index in [4.69, 9.17) is 21.7 Å². The molecule has 6 nitrogen and oxygen atoms in total. The number of carboxylic acids is 1. The second kappa shape index (κ2) is 10.7. The molecular weight excluding hydrogens is 446 g/mol. The summed E-state index contributed by atoms with van der Waals surface area (Å²) in [4.78, 5) is 26.4. The minimum absolute atomic E-state index is 0.181. The zero-order chi connectivity index (χ0) is 23.3. The molecule has 0 saturated carbocycles. The van der Waals surface area contributed by atoms with E-state index in [0.29, 0.717) is 33.8 Å². The van der Waals surface area contributed by atoms with Crippen LogP contribution in [0.5, 0.6) is 11.5 Å². The Morgan fingerprint density at radius 3 is 2.47 bits per heavy atom. The van der Waals surface area contributed by atoms with Crippen molar-refractivity contribution < 1.29 is 24.2 Å². The van der Waals surface area contributed by atoms with E-state index in [0.717, 1.165) is 17.7 Å². The van der Waals surface area contributed by atoms with Crippen LogP contribution in [0.3, 0.4) is 0 Å². The van der Waals surface area contributed by atoms with Crippen molar-refractivity contribution in [3.05, 3.63) is 58.5 Å². The molecule has 1 saturated heterocycles. The Balaban J connectivity index is 1.86. The highest BCUT2D eigenvalue weighted by molar-refractivity contribution is 8.27. The van der Waals surface area contributed by atoms with Gasteiger partial charge in [-0.05, 0) is 61.2 Å². The van der Waals surface area contributed by atoms with Crippen molar-refractivity contribution in [2.24, 2.45) is 0 Å². The molecule has 1 unspecified atom stereocenters. The Kier molecular flexibility index (Phi) is 7.93. The number of carbonyl (C=O) groups is 2. The lowest BCUT2D eigenvalue weighted by atomic mass is 10.1. The third-order valence-corrected chi connectivity index (χ3v) is 6.18. The van der Waals surface area contributed by atoms with E-state index >= 15 is 0 Å². The molecule has 32 heavy (non-hydrogen) atoms. The zero-order valence-corrected chi connectivity index (χ0v) is 19.8. The molecule has 1 atom stereocenters. The van der Waals surface area contributed by atoms with E-state index in [2.05, 4.69) is 6.92 Å². The first kappa shape index (κ1) is 23.8. The Labute approximate surface area is 197 Å². The number of rotatable bonds is 9. The molecule has 1 amide bonds. The third-order valence-electron chi connectivity index (χ3n) is 4.88. The first-order valence-electron chi connectivity index (χ1n) is 10.4. The van der Waals surface area contributed by atoms with E-state index in [1.165, 1.54) is 22.2 Å². The number of anilines is 1. The molecule has 0 aromatic heterocycles. The first-order chi connectivity index (χ1) is 15.4. The highest BCUT2D eigenvalue weighted by atomic mass is 32.2. The molecule has 0 bridgehead atoms. The predicted molar refractivity (Wildman–Crippen MR) is 131 cm³/mol. The minimum Gasteiger partial charge on any atom is -0.490 e. The molecule has 1 heterocycles. The number of carboxylic acid groups (broad SMARTS) is 1. The second-order valence-electron chi connectivity index (χ2n) is 7.03. The molecule has 168 valence electrons. The maximum absolute atomic E-state index is 13.0. The highest BCUT2D eigenvalue weighted by Gasteiger charge is 2.33. The van der Waals surface area contributed by atoms with Crippen molar-refractivity contribution in [1.82, 2.24) is 0 Å². The Morgan fingerprint density at radius 2 is 1.88 bits per heavy atom. The molecule has 0 aliphatic carbocycles. The van der Waals surface area contributed by atoms with E-state index in [-0.39, 0.29) is 5.91 Å². The van der Waals surface area contributed by atoms with Gasteiger partial charge in [0.05, 0.1) is 17.2 Å². The Bertz CT molecular complexity index is 1050. The summed E-state index contributed by atoms with van der Waals surface area (Å²) in [6.45, 7) is 6.04. The Morgan fingerprint density at radius 1 is 1.16 bits per heavy atom. The van der Waals surface area contributed by atoms with Crippen LogP contribution in [0.25, 0.3) is 6.08 Å². The molecule has 3 rings (SSSR count). The number of thiocarbonyl (C=S) groups is 1. The number of hydrogen-bond donors (Lipinski definition) is 1. The predicted octanol–water partition coefficient (Wildman–Crippen LogP) is 5.30. The number of ether oxygens (including phenoxy) is 2. The minimum atomic E-state index is -1.03. The molecule has 0 spiro atoms. The topological polar surface area (TPSA) is 76.1 Å². The van der Waals surface area contributed by atoms with Gasteiger partial charge in [-0.25, -0.2) is 4.79 Å². The van der Waals surface area contributed by atoms with Gasteiger partial charge in [0.2, 0.25) is 0 Å². The molecule has 0 radical (unpaired) electrons. The molecule has 2 aromatic rings. The van der Waals surface area contributed by atoms with Crippen molar-refractivity contribution in [1.29, 1.82) is 0 Å². The van der Waals surface area contributed by atoms with Crippen LogP contribution in [-0.2, 0) is 16.0 Å². The number of aryl methyl sites for hydroxylation is 1. The van der Waals surface area contributed by atoms with E-state index in [1.54, 1.807) is 31.2 Å². The molecule has 1 aliphatic rings. The lowest BCUT2D eigenvalue weighted by Crippen LogP contribution is -2.27. The van der Waals surface area contributed by atoms with Crippen molar-refractivity contribution in [2.75, 3.05) is 11.5 Å². The molecule has 8 heteroatoms. The summed E-state index contributed by atoms with van der Waals surface area (Å²) < 4.78 is 11.7. The molecule has 1 N–H and O–H groups in total. The van der Waals surface area contributed by atoms with Crippen molar-refractivity contribution in [3.8, 4) is 11.5 Å². The van der Waals surface area contributed by atoms with Gasteiger partial charge in [0.15, 0.2) is 21.9 Å². The van der Waals surface area contributed by atoms with Gasteiger partial charge < -0.3 is 14.6 Å². The zero-order valence-electron chi connectivity index (χ0n) is 18.2. The van der Waals surface area contributed by atoms with E-state index < -0.39 is 12.1 Å². The quantitative estimate of drug-likeness (QED) is 0.393. The van der Waals surface area contributed by atoms with Gasteiger partial charge in [-0.1, -0.05) is 56.0 Å². The summed E-state index contributed by atoms with van der Waals surface area (Å²) in [5.41, 5.74) is 2.66. The average Bonchev–Trinajstić information content (AvgIpc) is 3.06. The van der Waals surface area contributed by atoms with Crippen LogP contribution >= 0.6 is 24.0 Å². The van der Waals surface area contributed by atoms with Crippen LogP contribution in [0, 0.1) is 0 Å².